The minimum Gasteiger partial charge on any atom is -0.459 e. The number of furan rings is 1. The Morgan fingerprint density at radius 2 is 2.14 bits per heavy atom. The van der Waals surface area contributed by atoms with Crippen LogP contribution in [0.25, 0.3) is 11.0 Å². The Labute approximate surface area is 125 Å². The lowest BCUT2D eigenvalue weighted by Crippen LogP contribution is -2.51. The summed E-state index contributed by atoms with van der Waals surface area (Å²) in [6.07, 6.45) is -0.00767. The second-order valence-corrected chi connectivity index (χ2v) is 5.83. The topological polar surface area (TPSA) is 63.7 Å². The molecule has 3 N–H and O–H groups in total. The molecule has 2 atom stereocenters. The molecule has 2 heterocycles. The highest BCUT2D eigenvalue weighted by atomic mass is 16.5. The van der Waals surface area contributed by atoms with E-state index in [0.717, 1.165) is 36.4 Å². The van der Waals surface area contributed by atoms with Crippen molar-refractivity contribution < 1.29 is 9.15 Å². The van der Waals surface area contributed by atoms with Crippen LogP contribution < -0.4 is 11.3 Å². The molecule has 0 bridgehead atoms. The minimum atomic E-state index is -0.140. The van der Waals surface area contributed by atoms with E-state index in [2.05, 4.69) is 24.2 Å². The van der Waals surface area contributed by atoms with Crippen LogP contribution in [0.15, 0.2) is 34.7 Å². The molecule has 1 aliphatic heterocycles. The quantitative estimate of drug-likeness (QED) is 0.666. The maximum absolute atomic E-state index is 5.93. The molecule has 1 aromatic carbocycles. The number of hydrogen-bond acceptors (Lipinski definition) is 5. The van der Waals surface area contributed by atoms with Gasteiger partial charge < -0.3 is 9.15 Å². The van der Waals surface area contributed by atoms with Crippen LogP contribution in [0, 0.1) is 0 Å². The van der Waals surface area contributed by atoms with Crippen molar-refractivity contribution in [3.63, 3.8) is 0 Å². The van der Waals surface area contributed by atoms with Gasteiger partial charge in [0.25, 0.3) is 0 Å². The van der Waals surface area contributed by atoms with Gasteiger partial charge in [-0.3, -0.25) is 10.7 Å². The normalized spacial score (nSPS) is 22.0. The Morgan fingerprint density at radius 3 is 2.86 bits per heavy atom. The van der Waals surface area contributed by atoms with Crippen molar-refractivity contribution in [3.8, 4) is 0 Å². The van der Waals surface area contributed by atoms with Crippen molar-refractivity contribution >= 4 is 11.0 Å². The van der Waals surface area contributed by atoms with E-state index in [1.165, 1.54) is 0 Å². The van der Waals surface area contributed by atoms with Crippen LogP contribution >= 0.6 is 0 Å². The molecule has 1 fully saturated rings. The van der Waals surface area contributed by atoms with Crippen molar-refractivity contribution in [2.75, 3.05) is 19.7 Å². The maximum Gasteiger partial charge on any atom is 0.134 e. The first kappa shape index (κ1) is 14.5. The number of hydrogen-bond donors (Lipinski definition) is 2. The second kappa shape index (κ2) is 6.15. The Hall–Kier alpha value is -1.40. The first-order valence-corrected chi connectivity index (χ1v) is 7.49. The van der Waals surface area contributed by atoms with Gasteiger partial charge in [0, 0.05) is 24.5 Å². The molecule has 0 saturated carbocycles. The number of nitrogens with zero attached hydrogens (tertiary/aromatic N) is 1. The summed E-state index contributed by atoms with van der Waals surface area (Å²) in [7, 11) is 0. The van der Waals surface area contributed by atoms with E-state index in [4.69, 9.17) is 15.0 Å². The number of ether oxygens (including phenoxy) is 1. The molecular formula is C16H23N3O2. The second-order valence-electron chi connectivity index (χ2n) is 5.83. The summed E-state index contributed by atoms with van der Waals surface area (Å²) < 4.78 is 11.8. The number of benzene rings is 1. The number of para-hydroxylation sites is 1. The summed E-state index contributed by atoms with van der Waals surface area (Å²) in [5.74, 6) is 6.60. The molecule has 3 rings (SSSR count). The average Bonchev–Trinajstić information content (AvgIpc) is 2.91. The third kappa shape index (κ3) is 2.96. The van der Waals surface area contributed by atoms with E-state index in [0.29, 0.717) is 6.04 Å². The first-order valence-electron chi connectivity index (χ1n) is 7.49. The van der Waals surface area contributed by atoms with Crippen molar-refractivity contribution in [1.29, 1.82) is 0 Å². The van der Waals surface area contributed by atoms with Crippen LogP contribution in [0.2, 0.25) is 0 Å². The molecule has 0 spiro atoms. The number of fused-ring (bicyclic) bond motifs is 1. The Morgan fingerprint density at radius 1 is 1.33 bits per heavy atom. The fourth-order valence-corrected chi connectivity index (χ4v) is 2.90. The van der Waals surface area contributed by atoms with Crippen molar-refractivity contribution in [2.24, 2.45) is 5.84 Å². The zero-order valence-electron chi connectivity index (χ0n) is 12.6. The van der Waals surface area contributed by atoms with E-state index in [1.807, 2.05) is 30.3 Å². The molecule has 0 amide bonds. The number of hydrazine groups is 1. The zero-order valence-corrected chi connectivity index (χ0v) is 12.6. The van der Waals surface area contributed by atoms with Crippen LogP contribution in [0.1, 0.15) is 25.6 Å². The third-order valence-electron chi connectivity index (χ3n) is 4.16. The highest BCUT2D eigenvalue weighted by Crippen LogP contribution is 2.28. The van der Waals surface area contributed by atoms with Gasteiger partial charge in [0.2, 0.25) is 0 Å². The molecule has 2 aromatic rings. The third-order valence-corrected chi connectivity index (χ3v) is 4.16. The predicted molar refractivity (Wildman–Crippen MR) is 82.7 cm³/mol. The SMILES string of the molecule is CC(C)N1CCOC(C(NN)c2cc3ccccc3o2)C1. The fourth-order valence-electron chi connectivity index (χ4n) is 2.90. The molecule has 5 heteroatoms. The number of nitrogens with one attached hydrogen (secondary N) is 1. The summed E-state index contributed by atoms with van der Waals surface area (Å²) in [5, 5.41) is 1.09. The monoisotopic (exact) mass is 289 g/mol. The predicted octanol–water partition coefficient (Wildman–Crippen LogP) is 2.05. The molecule has 1 saturated heterocycles. The van der Waals surface area contributed by atoms with Crippen LogP contribution in [0.3, 0.4) is 0 Å². The Kier molecular flexibility index (Phi) is 4.26. The highest BCUT2D eigenvalue weighted by Gasteiger charge is 2.31. The molecule has 0 radical (unpaired) electrons. The number of morpholine rings is 1. The van der Waals surface area contributed by atoms with Gasteiger partial charge in [-0.05, 0) is 26.0 Å². The molecular weight excluding hydrogens is 266 g/mol. The first-order chi connectivity index (χ1) is 10.2. The summed E-state index contributed by atoms with van der Waals surface area (Å²) >= 11 is 0. The lowest BCUT2D eigenvalue weighted by atomic mass is 10.1. The van der Waals surface area contributed by atoms with Gasteiger partial charge in [0.15, 0.2) is 0 Å². The lowest BCUT2D eigenvalue weighted by Gasteiger charge is -2.38. The lowest BCUT2D eigenvalue weighted by molar-refractivity contribution is -0.0589. The van der Waals surface area contributed by atoms with E-state index in [-0.39, 0.29) is 12.1 Å². The molecule has 114 valence electrons. The van der Waals surface area contributed by atoms with E-state index < -0.39 is 0 Å². The van der Waals surface area contributed by atoms with Gasteiger partial charge in [-0.25, -0.2) is 5.43 Å². The zero-order chi connectivity index (χ0) is 14.8. The largest absolute Gasteiger partial charge is 0.459 e. The van der Waals surface area contributed by atoms with Gasteiger partial charge in [0.05, 0.1) is 12.7 Å². The highest BCUT2D eigenvalue weighted by molar-refractivity contribution is 5.77. The van der Waals surface area contributed by atoms with Crippen LogP contribution in [-0.4, -0.2) is 36.7 Å². The molecule has 2 unspecified atom stereocenters. The van der Waals surface area contributed by atoms with Crippen LogP contribution in [0.4, 0.5) is 0 Å². The van der Waals surface area contributed by atoms with Gasteiger partial charge in [-0.15, -0.1) is 0 Å². The molecule has 1 aliphatic rings. The van der Waals surface area contributed by atoms with E-state index in [9.17, 15) is 0 Å². The summed E-state index contributed by atoms with van der Waals surface area (Å²) in [5.41, 5.74) is 3.74. The van der Waals surface area contributed by atoms with E-state index in [1.54, 1.807) is 0 Å². The average molecular weight is 289 g/mol. The number of rotatable bonds is 4. The Bertz CT molecular complexity index is 563. The molecule has 1 aromatic heterocycles. The van der Waals surface area contributed by atoms with Gasteiger partial charge in [-0.1, -0.05) is 18.2 Å². The Balaban J connectivity index is 1.83. The van der Waals surface area contributed by atoms with E-state index >= 15 is 0 Å². The van der Waals surface area contributed by atoms with Crippen LogP contribution in [0.5, 0.6) is 0 Å². The van der Waals surface area contributed by atoms with Gasteiger partial charge >= 0.3 is 0 Å². The standard InChI is InChI=1S/C16H23N3O2/c1-11(2)19-7-8-20-15(10-19)16(18-17)14-9-12-5-3-4-6-13(12)21-14/h3-6,9,11,15-16,18H,7-8,10,17H2,1-2H3. The smallest absolute Gasteiger partial charge is 0.134 e. The molecule has 0 aliphatic carbocycles. The number of nitrogens with two attached hydrogens (primary N) is 1. The summed E-state index contributed by atoms with van der Waals surface area (Å²) in [6, 6.07) is 10.4. The van der Waals surface area contributed by atoms with Gasteiger partial charge in [-0.2, -0.15) is 0 Å². The summed E-state index contributed by atoms with van der Waals surface area (Å²) in [6.45, 7) is 6.94. The fraction of sp³-hybridized carbons (Fsp3) is 0.500. The maximum atomic E-state index is 5.93. The van der Waals surface area contributed by atoms with Crippen molar-refractivity contribution in [3.05, 3.63) is 36.1 Å². The minimum absolute atomic E-state index is 0.00767. The molecule has 5 nitrogen and oxygen atoms in total. The van der Waals surface area contributed by atoms with Gasteiger partial charge in [0.1, 0.15) is 17.4 Å². The molecule has 21 heavy (non-hydrogen) atoms. The van der Waals surface area contributed by atoms with Crippen molar-refractivity contribution in [2.45, 2.75) is 32.0 Å². The van der Waals surface area contributed by atoms with Crippen molar-refractivity contribution in [1.82, 2.24) is 10.3 Å². The summed E-state index contributed by atoms with van der Waals surface area (Å²) in [4.78, 5) is 2.40. The van der Waals surface area contributed by atoms with Crippen LogP contribution in [-0.2, 0) is 4.74 Å².